The molecule has 4 aromatic rings. The van der Waals surface area contributed by atoms with Crippen molar-refractivity contribution in [1.82, 2.24) is 14.5 Å². The second-order valence-corrected chi connectivity index (χ2v) is 7.41. The number of methoxy groups -OCH3 is 1. The van der Waals surface area contributed by atoms with Crippen LogP contribution in [0.5, 0.6) is 5.75 Å². The fraction of sp³-hybridized carbons (Fsp3) is 0.167. The van der Waals surface area contributed by atoms with Crippen molar-refractivity contribution in [3.63, 3.8) is 0 Å². The predicted octanol–water partition coefficient (Wildman–Crippen LogP) is 3.12. The van der Waals surface area contributed by atoms with Gasteiger partial charge in [-0.05, 0) is 55.2 Å². The van der Waals surface area contributed by atoms with Crippen LogP contribution in [0.1, 0.15) is 27.3 Å². The lowest BCUT2D eigenvalue weighted by atomic mass is 10.0. The molecule has 8 heteroatoms. The van der Waals surface area contributed by atoms with E-state index < -0.39 is 17.2 Å². The van der Waals surface area contributed by atoms with Gasteiger partial charge in [-0.2, -0.15) is 0 Å². The van der Waals surface area contributed by atoms with E-state index in [9.17, 15) is 14.0 Å². The molecule has 0 bridgehead atoms. The normalized spacial score (nSPS) is 11.0. The number of rotatable bonds is 6. The lowest BCUT2D eigenvalue weighted by Gasteiger charge is -2.15. The molecule has 2 N–H and O–H groups in total. The summed E-state index contributed by atoms with van der Waals surface area (Å²) in [4.78, 5) is 33.3. The first-order valence-corrected chi connectivity index (χ1v) is 9.97. The largest absolute Gasteiger partial charge is 0.497 e. The number of benzene rings is 2. The van der Waals surface area contributed by atoms with E-state index in [1.165, 1.54) is 30.0 Å². The highest BCUT2D eigenvalue weighted by Crippen LogP contribution is 2.24. The zero-order chi connectivity index (χ0) is 22.8. The third-order valence-electron chi connectivity index (χ3n) is 5.28. The Hall–Kier alpha value is -4.07. The molecule has 32 heavy (non-hydrogen) atoms. The first kappa shape index (κ1) is 21.2. The summed E-state index contributed by atoms with van der Waals surface area (Å²) in [6.07, 6.45) is 6.14. The van der Waals surface area contributed by atoms with Crippen LogP contribution in [0.15, 0.2) is 59.8 Å². The minimum atomic E-state index is -0.873. The Morgan fingerprint density at radius 3 is 2.47 bits per heavy atom. The number of hydrogen-bond donors (Lipinski definition) is 1. The molecule has 0 saturated carbocycles. The highest BCUT2D eigenvalue weighted by Gasteiger charge is 2.17. The van der Waals surface area contributed by atoms with Gasteiger partial charge >= 0.3 is 0 Å². The molecular weight excluding hydrogens is 411 g/mol. The van der Waals surface area contributed by atoms with Gasteiger partial charge in [-0.3, -0.25) is 9.59 Å². The van der Waals surface area contributed by atoms with Crippen molar-refractivity contribution in [3.8, 4) is 11.4 Å². The van der Waals surface area contributed by atoms with Crippen LogP contribution in [-0.2, 0) is 12.8 Å². The Labute approximate surface area is 183 Å². The molecule has 4 rings (SSSR count). The molecular formula is C24H21FN4O3. The fourth-order valence-electron chi connectivity index (χ4n) is 3.55. The maximum atomic E-state index is 14.8. The lowest BCUT2D eigenvalue weighted by molar-refractivity contribution is 0.0999. The van der Waals surface area contributed by atoms with E-state index in [0.29, 0.717) is 29.9 Å². The minimum absolute atomic E-state index is 0.169. The molecule has 0 saturated heterocycles. The van der Waals surface area contributed by atoms with Crippen LogP contribution in [-0.4, -0.2) is 27.6 Å². The number of halogens is 1. The molecule has 0 unspecified atom stereocenters. The van der Waals surface area contributed by atoms with Crippen molar-refractivity contribution in [2.45, 2.75) is 19.8 Å². The van der Waals surface area contributed by atoms with E-state index in [0.717, 1.165) is 11.1 Å². The summed E-state index contributed by atoms with van der Waals surface area (Å²) in [5.41, 5.74) is 7.23. The van der Waals surface area contributed by atoms with Gasteiger partial charge in [0.1, 0.15) is 17.1 Å². The summed E-state index contributed by atoms with van der Waals surface area (Å²) in [6, 6.07) is 9.70. The second kappa shape index (κ2) is 8.58. The number of primary amides is 1. The maximum absolute atomic E-state index is 14.8. The highest BCUT2D eigenvalue weighted by molar-refractivity contribution is 5.96. The number of amides is 1. The average molecular weight is 432 g/mol. The Balaban J connectivity index is 1.81. The molecule has 7 nitrogen and oxygen atoms in total. The molecule has 2 heterocycles. The van der Waals surface area contributed by atoms with E-state index in [4.69, 9.17) is 10.5 Å². The van der Waals surface area contributed by atoms with Crippen molar-refractivity contribution in [2.75, 3.05) is 7.11 Å². The summed E-state index contributed by atoms with van der Waals surface area (Å²) in [6.45, 7) is 1.82. The first-order chi connectivity index (χ1) is 15.4. The second-order valence-electron chi connectivity index (χ2n) is 7.41. The SMILES string of the molecule is COc1ccc(-n2cc(C(N)=O)c(=O)c3cc(CCc4cnc(C)nc4)ccc32)c(F)c1. The molecule has 2 aromatic heterocycles. The van der Waals surface area contributed by atoms with Crippen LogP contribution < -0.4 is 15.9 Å². The van der Waals surface area contributed by atoms with Gasteiger partial charge in [0.05, 0.1) is 18.3 Å². The van der Waals surface area contributed by atoms with Gasteiger partial charge in [-0.25, -0.2) is 14.4 Å². The van der Waals surface area contributed by atoms with Gasteiger partial charge < -0.3 is 15.0 Å². The van der Waals surface area contributed by atoms with Gasteiger partial charge in [0, 0.05) is 30.0 Å². The third-order valence-corrected chi connectivity index (χ3v) is 5.28. The zero-order valence-electron chi connectivity index (χ0n) is 17.6. The molecule has 0 aliphatic carbocycles. The van der Waals surface area contributed by atoms with E-state index in [1.807, 2.05) is 13.0 Å². The van der Waals surface area contributed by atoms with Crippen LogP contribution in [0.2, 0.25) is 0 Å². The lowest BCUT2D eigenvalue weighted by Crippen LogP contribution is -2.24. The van der Waals surface area contributed by atoms with Crippen LogP contribution >= 0.6 is 0 Å². The zero-order valence-corrected chi connectivity index (χ0v) is 17.6. The van der Waals surface area contributed by atoms with Crippen molar-refractivity contribution in [3.05, 3.63) is 93.5 Å². The summed E-state index contributed by atoms with van der Waals surface area (Å²) in [5, 5.41) is 0.286. The Bertz CT molecular complexity index is 1380. The smallest absolute Gasteiger partial charge is 0.254 e. The molecule has 0 atom stereocenters. The average Bonchev–Trinajstić information content (AvgIpc) is 2.79. The summed E-state index contributed by atoms with van der Waals surface area (Å²) < 4.78 is 21.3. The van der Waals surface area contributed by atoms with Crippen molar-refractivity contribution in [2.24, 2.45) is 5.73 Å². The number of pyridine rings is 1. The quantitative estimate of drug-likeness (QED) is 0.505. The van der Waals surface area contributed by atoms with E-state index >= 15 is 0 Å². The van der Waals surface area contributed by atoms with Crippen molar-refractivity contribution < 1.29 is 13.9 Å². The van der Waals surface area contributed by atoms with E-state index in [-0.39, 0.29) is 16.6 Å². The maximum Gasteiger partial charge on any atom is 0.254 e. The van der Waals surface area contributed by atoms with Gasteiger partial charge in [-0.15, -0.1) is 0 Å². The molecule has 2 aromatic carbocycles. The third kappa shape index (κ3) is 4.07. The molecule has 0 fully saturated rings. The molecule has 1 amide bonds. The Morgan fingerprint density at radius 1 is 1.09 bits per heavy atom. The number of nitrogens with zero attached hydrogens (tertiary/aromatic N) is 3. The number of fused-ring (bicyclic) bond motifs is 1. The van der Waals surface area contributed by atoms with Gasteiger partial charge in [0.2, 0.25) is 5.43 Å². The van der Waals surface area contributed by atoms with E-state index in [1.54, 1.807) is 30.6 Å². The number of aromatic nitrogens is 3. The number of nitrogens with two attached hydrogens (primary N) is 1. The fourth-order valence-corrected chi connectivity index (χ4v) is 3.55. The van der Waals surface area contributed by atoms with Gasteiger partial charge in [-0.1, -0.05) is 6.07 Å². The predicted molar refractivity (Wildman–Crippen MR) is 119 cm³/mol. The topological polar surface area (TPSA) is 100 Å². The summed E-state index contributed by atoms with van der Waals surface area (Å²) in [5.74, 6) is -0.381. The molecule has 0 radical (unpaired) electrons. The summed E-state index contributed by atoms with van der Waals surface area (Å²) >= 11 is 0. The highest BCUT2D eigenvalue weighted by atomic mass is 19.1. The van der Waals surface area contributed by atoms with Gasteiger partial charge in [0.15, 0.2) is 5.82 Å². The molecule has 0 spiro atoms. The molecule has 0 aliphatic heterocycles. The standard InChI is InChI=1S/C24H21FN4O3/c1-14-27-11-16(12-28-14)4-3-15-5-7-21-18(9-15)23(30)19(24(26)31)13-29(21)22-8-6-17(32-2)10-20(22)25/h5-13H,3-4H2,1-2H3,(H2,26,31). The number of ether oxygens (including phenoxy) is 1. The first-order valence-electron chi connectivity index (χ1n) is 9.97. The molecule has 162 valence electrons. The number of carbonyl (C=O) groups excluding carboxylic acids is 1. The molecule has 0 aliphatic rings. The van der Waals surface area contributed by atoms with E-state index in [2.05, 4.69) is 9.97 Å². The van der Waals surface area contributed by atoms with Crippen LogP contribution in [0.25, 0.3) is 16.6 Å². The van der Waals surface area contributed by atoms with Crippen LogP contribution in [0.3, 0.4) is 0 Å². The van der Waals surface area contributed by atoms with Crippen LogP contribution in [0, 0.1) is 12.7 Å². The van der Waals surface area contributed by atoms with Crippen molar-refractivity contribution in [1.29, 1.82) is 0 Å². The number of carbonyl (C=O) groups is 1. The van der Waals surface area contributed by atoms with Crippen LogP contribution in [0.4, 0.5) is 4.39 Å². The van der Waals surface area contributed by atoms with Crippen molar-refractivity contribution >= 4 is 16.8 Å². The number of hydrogen-bond acceptors (Lipinski definition) is 5. The Kier molecular flexibility index (Phi) is 5.68. The monoisotopic (exact) mass is 432 g/mol. The minimum Gasteiger partial charge on any atom is -0.497 e. The Morgan fingerprint density at radius 2 is 1.81 bits per heavy atom. The number of aryl methyl sites for hydroxylation is 3. The van der Waals surface area contributed by atoms with Gasteiger partial charge in [0.25, 0.3) is 5.91 Å². The summed E-state index contributed by atoms with van der Waals surface area (Å²) in [7, 11) is 1.44.